The second kappa shape index (κ2) is 7.59. The molecule has 9 nitrogen and oxygen atoms in total. The van der Waals surface area contributed by atoms with Crippen LogP contribution in [0, 0.1) is 13.8 Å². The van der Waals surface area contributed by atoms with E-state index in [-0.39, 0.29) is 17.0 Å². The van der Waals surface area contributed by atoms with Crippen molar-refractivity contribution in [1.82, 2.24) is 19.0 Å². The number of fused-ring (bicyclic) bond motifs is 1. The summed E-state index contributed by atoms with van der Waals surface area (Å²) in [4.78, 5) is 14.6. The van der Waals surface area contributed by atoms with Gasteiger partial charge in [-0.05, 0) is 32.8 Å². The summed E-state index contributed by atoms with van der Waals surface area (Å²) in [5, 5.41) is 4.24. The molecule has 1 aromatic rings. The average Bonchev–Trinajstić information content (AvgIpc) is 2.99. The maximum Gasteiger partial charge on any atom is 0.415 e. The van der Waals surface area contributed by atoms with Crippen molar-refractivity contribution in [3.63, 3.8) is 0 Å². The van der Waals surface area contributed by atoms with E-state index >= 15 is 0 Å². The molecule has 0 saturated carbocycles. The number of ether oxygens (including phenoxy) is 2. The molecule has 1 amide bonds. The maximum atomic E-state index is 13.2. The lowest BCUT2D eigenvalue weighted by molar-refractivity contribution is 0.0633. The molecule has 2 aliphatic heterocycles. The first-order valence-corrected chi connectivity index (χ1v) is 11.3. The van der Waals surface area contributed by atoms with Gasteiger partial charge >= 0.3 is 6.09 Å². The highest BCUT2D eigenvalue weighted by atomic mass is 32.2. The van der Waals surface area contributed by atoms with Crippen molar-refractivity contribution in [1.29, 1.82) is 0 Å². The Kier molecular flexibility index (Phi) is 5.23. The van der Waals surface area contributed by atoms with Gasteiger partial charge in [0, 0.05) is 31.8 Å². The van der Waals surface area contributed by atoms with Crippen molar-refractivity contribution in [2.24, 2.45) is 7.05 Å². The number of aromatic nitrogens is 2. The molecule has 1 aliphatic carbocycles. The van der Waals surface area contributed by atoms with Crippen LogP contribution >= 0.6 is 0 Å². The predicted molar refractivity (Wildman–Crippen MR) is 109 cm³/mol. The topological polar surface area (TPSA) is 94.0 Å². The number of aryl methyl sites for hydroxylation is 2. The van der Waals surface area contributed by atoms with Crippen LogP contribution in [0.5, 0.6) is 0 Å². The molecule has 10 heteroatoms. The van der Waals surface area contributed by atoms with Gasteiger partial charge in [0.2, 0.25) is 10.0 Å². The van der Waals surface area contributed by atoms with Crippen LogP contribution in [-0.2, 0) is 26.5 Å². The normalized spacial score (nSPS) is 23.0. The Morgan fingerprint density at radius 3 is 2.53 bits per heavy atom. The smallest absolute Gasteiger partial charge is 0.415 e. The number of sulfonamides is 1. The first-order valence-electron chi connectivity index (χ1n) is 9.87. The van der Waals surface area contributed by atoms with Gasteiger partial charge in [-0.15, -0.1) is 0 Å². The van der Waals surface area contributed by atoms with Crippen LogP contribution in [0.15, 0.2) is 40.7 Å². The predicted octanol–water partition coefficient (Wildman–Crippen LogP) is 1.99. The molecule has 0 radical (unpaired) electrons. The lowest BCUT2D eigenvalue weighted by Crippen LogP contribution is -2.55. The number of hydrogen-bond donors (Lipinski definition) is 0. The minimum atomic E-state index is -3.65. The third-order valence-corrected chi connectivity index (χ3v) is 8.16. The van der Waals surface area contributed by atoms with Gasteiger partial charge in [0.1, 0.15) is 23.0 Å². The summed E-state index contributed by atoms with van der Waals surface area (Å²) >= 11 is 0. The molecule has 3 heterocycles. The van der Waals surface area contributed by atoms with E-state index < -0.39 is 16.1 Å². The molecule has 162 valence electrons. The van der Waals surface area contributed by atoms with E-state index in [1.54, 1.807) is 37.6 Å². The molecular weight excluding hydrogens is 408 g/mol. The second-order valence-electron chi connectivity index (χ2n) is 7.70. The summed E-state index contributed by atoms with van der Waals surface area (Å²) in [7, 11) is -0.338. The largest absolute Gasteiger partial charge is 0.499 e. The Bertz CT molecular complexity index is 1060. The molecule has 1 unspecified atom stereocenters. The van der Waals surface area contributed by atoms with Crippen LogP contribution in [0.1, 0.15) is 24.2 Å². The van der Waals surface area contributed by atoms with Gasteiger partial charge in [-0.1, -0.05) is 12.2 Å². The van der Waals surface area contributed by atoms with Crippen molar-refractivity contribution >= 4 is 16.1 Å². The lowest BCUT2D eigenvalue weighted by atomic mass is 9.94. The summed E-state index contributed by atoms with van der Waals surface area (Å²) in [6.07, 6.45) is 7.61. The van der Waals surface area contributed by atoms with Gasteiger partial charge in [-0.25, -0.2) is 13.2 Å². The third kappa shape index (κ3) is 3.24. The zero-order valence-corrected chi connectivity index (χ0v) is 18.3. The number of hydrogen-bond acceptors (Lipinski definition) is 6. The van der Waals surface area contributed by atoms with Gasteiger partial charge in [0.05, 0.1) is 18.5 Å². The zero-order chi connectivity index (χ0) is 21.6. The minimum absolute atomic E-state index is 0.154. The van der Waals surface area contributed by atoms with Gasteiger partial charge in [-0.2, -0.15) is 9.40 Å². The first kappa shape index (κ1) is 20.7. The zero-order valence-electron chi connectivity index (χ0n) is 17.5. The highest BCUT2D eigenvalue weighted by Crippen LogP contribution is 2.34. The van der Waals surface area contributed by atoms with E-state index in [2.05, 4.69) is 5.10 Å². The monoisotopic (exact) mass is 434 g/mol. The SMILES string of the molecule is COC1=CC=CC2=COC(=O)N(C3CCN(S(=O)(=O)c4c(C)nn(C)c4C)CC3)C21. The van der Waals surface area contributed by atoms with E-state index in [9.17, 15) is 13.2 Å². The van der Waals surface area contributed by atoms with E-state index in [1.165, 1.54) is 10.6 Å². The number of allylic oxidation sites excluding steroid dienone is 2. The van der Waals surface area contributed by atoms with Gasteiger partial charge in [0.25, 0.3) is 0 Å². The fraction of sp³-hybridized carbons (Fsp3) is 0.500. The van der Waals surface area contributed by atoms with Crippen LogP contribution < -0.4 is 0 Å². The number of amides is 1. The molecule has 0 aromatic carbocycles. The van der Waals surface area contributed by atoms with E-state index in [0.717, 1.165) is 5.57 Å². The highest BCUT2D eigenvalue weighted by molar-refractivity contribution is 7.89. The lowest BCUT2D eigenvalue weighted by Gasteiger charge is -2.43. The number of piperidine rings is 1. The summed E-state index contributed by atoms with van der Waals surface area (Å²) in [6.45, 7) is 4.10. The number of carbonyl (C=O) groups is 1. The molecule has 1 aromatic heterocycles. The summed E-state index contributed by atoms with van der Waals surface area (Å²) in [5.41, 5.74) is 1.95. The van der Waals surface area contributed by atoms with Gasteiger partial charge < -0.3 is 9.47 Å². The third-order valence-electron chi connectivity index (χ3n) is 6.01. The average molecular weight is 435 g/mol. The molecular formula is C20H26N4O5S. The van der Waals surface area contributed by atoms with Crippen molar-refractivity contribution in [2.45, 2.75) is 43.7 Å². The summed E-state index contributed by atoms with van der Waals surface area (Å²) < 4.78 is 40.3. The number of carbonyl (C=O) groups excluding carboxylic acids is 1. The van der Waals surface area contributed by atoms with Crippen LogP contribution in [-0.4, -0.2) is 65.8 Å². The second-order valence-corrected chi connectivity index (χ2v) is 9.58. The molecule has 0 spiro atoms. The summed E-state index contributed by atoms with van der Waals surface area (Å²) in [6, 6.07) is -0.504. The Hall–Kier alpha value is -2.59. The first-order chi connectivity index (χ1) is 14.3. The number of rotatable bonds is 4. The van der Waals surface area contributed by atoms with Crippen LogP contribution in [0.3, 0.4) is 0 Å². The van der Waals surface area contributed by atoms with Crippen molar-refractivity contribution in [2.75, 3.05) is 20.2 Å². The standard InChI is InChI=1S/C20H26N4O5S/c1-13-19(14(2)22(3)21-13)30(26,27)23-10-8-16(9-11-23)24-18-15(12-29-20(24)25)6-5-7-17(18)28-4/h5-7,12,16,18H,8-11H2,1-4H3. The Morgan fingerprint density at radius 2 is 1.93 bits per heavy atom. The molecule has 3 aliphatic rings. The van der Waals surface area contributed by atoms with Crippen molar-refractivity contribution in [3.8, 4) is 0 Å². The van der Waals surface area contributed by atoms with Gasteiger partial charge in [0.15, 0.2) is 0 Å². The Balaban J connectivity index is 1.54. The number of cyclic esters (lactones) is 1. The maximum absolute atomic E-state index is 13.2. The minimum Gasteiger partial charge on any atom is -0.499 e. The fourth-order valence-electron chi connectivity index (χ4n) is 4.44. The van der Waals surface area contributed by atoms with Gasteiger partial charge in [-0.3, -0.25) is 9.58 Å². The Labute approximate surface area is 176 Å². The molecule has 0 N–H and O–H groups in total. The molecule has 30 heavy (non-hydrogen) atoms. The van der Waals surface area contributed by atoms with E-state index in [4.69, 9.17) is 9.47 Å². The number of methoxy groups -OCH3 is 1. The Morgan fingerprint density at radius 1 is 1.23 bits per heavy atom. The van der Waals surface area contributed by atoms with Crippen LogP contribution in [0.4, 0.5) is 4.79 Å². The van der Waals surface area contributed by atoms with Crippen LogP contribution in [0.2, 0.25) is 0 Å². The fourth-order valence-corrected chi connectivity index (χ4v) is 6.31. The highest BCUT2D eigenvalue weighted by Gasteiger charge is 2.43. The number of nitrogens with zero attached hydrogens (tertiary/aromatic N) is 4. The molecule has 4 rings (SSSR count). The van der Waals surface area contributed by atoms with Crippen molar-refractivity contribution < 1.29 is 22.7 Å². The molecule has 0 bridgehead atoms. The van der Waals surface area contributed by atoms with E-state index in [0.29, 0.717) is 43.1 Å². The molecule has 1 saturated heterocycles. The molecule has 1 atom stereocenters. The quantitative estimate of drug-likeness (QED) is 0.720. The summed E-state index contributed by atoms with van der Waals surface area (Å²) in [5.74, 6) is 0.664. The molecule has 1 fully saturated rings. The van der Waals surface area contributed by atoms with Crippen molar-refractivity contribution in [3.05, 3.63) is 47.2 Å². The van der Waals surface area contributed by atoms with Crippen LogP contribution in [0.25, 0.3) is 0 Å². The van der Waals surface area contributed by atoms with E-state index in [1.807, 2.05) is 18.2 Å².